The summed E-state index contributed by atoms with van der Waals surface area (Å²) in [4.78, 5) is 19.5. The van der Waals surface area contributed by atoms with Crippen LogP contribution in [-0.4, -0.2) is 53.6 Å². The average molecular weight is 527 g/mol. The second-order valence-electron chi connectivity index (χ2n) is 9.76. The fraction of sp³-hybridized carbons (Fsp3) is 0.323. The third kappa shape index (κ3) is 6.35. The lowest BCUT2D eigenvalue weighted by Crippen LogP contribution is -2.54. The van der Waals surface area contributed by atoms with E-state index in [1.165, 1.54) is 0 Å². The summed E-state index contributed by atoms with van der Waals surface area (Å²) in [6.45, 7) is 9.74. The van der Waals surface area contributed by atoms with Gasteiger partial charge in [-0.25, -0.2) is 0 Å². The van der Waals surface area contributed by atoms with Crippen LogP contribution < -0.4 is 21.9 Å². The molecule has 4 atom stereocenters. The van der Waals surface area contributed by atoms with Crippen molar-refractivity contribution in [3.8, 4) is 22.9 Å². The molecule has 3 aromatic rings. The number of fused-ring (bicyclic) bond motifs is 1. The van der Waals surface area contributed by atoms with Gasteiger partial charge in [0.2, 0.25) is 5.91 Å². The summed E-state index contributed by atoms with van der Waals surface area (Å²) in [5.74, 6) is 0.479. The summed E-state index contributed by atoms with van der Waals surface area (Å²) < 4.78 is 5.93. The Morgan fingerprint density at radius 3 is 2.41 bits per heavy atom. The molecule has 1 heterocycles. The van der Waals surface area contributed by atoms with E-state index in [0.717, 1.165) is 33.2 Å². The Hall–Kier alpha value is -4.03. The number of benzene rings is 2. The molecule has 3 rings (SSSR count). The van der Waals surface area contributed by atoms with Crippen molar-refractivity contribution in [3.63, 3.8) is 0 Å². The number of allylic oxidation sites excluding steroid dienone is 2. The SMILES string of the molecule is C=C/C=C(/c1cnc2c(-c3ccc(C#N)cc3)cccc2c1OC)C(N)C[C@H](C)N(C(=O)C(C)N)C(C)CN. The van der Waals surface area contributed by atoms with Crippen LogP contribution in [0.15, 0.2) is 67.4 Å². The third-order valence-corrected chi connectivity index (χ3v) is 6.91. The minimum Gasteiger partial charge on any atom is -0.495 e. The number of nitriles is 1. The number of pyridine rings is 1. The molecule has 0 radical (unpaired) electrons. The maximum Gasteiger partial charge on any atom is 0.239 e. The van der Waals surface area contributed by atoms with Gasteiger partial charge in [0.1, 0.15) is 5.75 Å². The lowest BCUT2D eigenvalue weighted by molar-refractivity contribution is -0.136. The van der Waals surface area contributed by atoms with E-state index in [1.54, 1.807) is 43.3 Å². The normalized spacial score (nSPS) is 14.7. The van der Waals surface area contributed by atoms with E-state index in [4.69, 9.17) is 32.2 Å². The van der Waals surface area contributed by atoms with Gasteiger partial charge < -0.3 is 26.8 Å². The molecule has 8 heteroatoms. The quantitative estimate of drug-likeness (QED) is 0.321. The molecule has 6 N–H and O–H groups in total. The standard InChI is InChI=1S/C31H38N6O2/c1-6-8-25(28(35)15-19(2)37(20(3)16-32)31(38)21(4)34)27-18-36-29-24(9-7-10-26(29)30(27)39-5)23-13-11-22(17-33)12-14-23/h6-14,18-21,28H,1,15-16,32,34-35H2,2-5H3/b25-8-/t19-,20?,21?,28?/m0/s1. The van der Waals surface area contributed by atoms with Crippen LogP contribution in [0.2, 0.25) is 0 Å². The predicted molar refractivity (Wildman–Crippen MR) is 158 cm³/mol. The maximum absolute atomic E-state index is 12.9. The van der Waals surface area contributed by atoms with Crippen LogP contribution in [0, 0.1) is 11.3 Å². The molecule has 0 aliphatic rings. The van der Waals surface area contributed by atoms with E-state index < -0.39 is 12.1 Å². The van der Waals surface area contributed by atoms with Crippen LogP contribution in [0.4, 0.5) is 0 Å². The molecule has 1 amide bonds. The van der Waals surface area contributed by atoms with Crippen LogP contribution in [0.25, 0.3) is 27.6 Å². The Labute approximate surface area is 230 Å². The van der Waals surface area contributed by atoms with Gasteiger partial charge in [0.25, 0.3) is 0 Å². The number of carbonyl (C=O) groups is 1. The van der Waals surface area contributed by atoms with Gasteiger partial charge in [0, 0.05) is 47.4 Å². The third-order valence-electron chi connectivity index (χ3n) is 6.91. The zero-order valence-corrected chi connectivity index (χ0v) is 23.1. The van der Waals surface area contributed by atoms with Gasteiger partial charge >= 0.3 is 0 Å². The first-order valence-electron chi connectivity index (χ1n) is 13.0. The molecule has 204 valence electrons. The lowest BCUT2D eigenvalue weighted by atomic mass is 9.91. The number of aromatic nitrogens is 1. The van der Waals surface area contributed by atoms with Gasteiger partial charge in [0.05, 0.1) is 30.3 Å². The average Bonchev–Trinajstić information content (AvgIpc) is 2.94. The number of nitrogens with two attached hydrogens (primary N) is 3. The van der Waals surface area contributed by atoms with Crippen molar-refractivity contribution in [2.45, 2.75) is 51.4 Å². The lowest BCUT2D eigenvalue weighted by Gasteiger charge is -2.37. The molecule has 3 unspecified atom stereocenters. The Kier molecular flexibility index (Phi) is 9.96. The zero-order valence-electron chi connectivity index (χ0n) is 23.1. The van der Waals surface area contributed by atoms with Crippen LogP contribution in [-0.2, 0) is 4.79 Å². The number of amides is 1. The fourth-order valence-corrected chi connectivity index (χ4v) is 4.95. The van der Waals surface area contributed by atoms with Crippen LogP contribution in [0.3, 0.4) is 0 Å². The molecular weight excluding hydrogens is 488 g/mol. The molecule has 1 aromatic heterocycles. The molecule has 39 heavy (non-hydrogen) atoms. The van der Waals surface area contributed by atoms with Gasteiger partial charge in [-0.3, -0.25) is 9.78 Å². The number of carbonyl (C=O) groups excluding carboxylic acids is 1. The highest BCUT2D eigenvalue weighted by Gasteiger charge is 2.29. The zero-order chi connectivity index (χ0) is 28.7. The first-order chi connectivity index (χ1) is 18.7. The smallest absolute Gasteiger partial charge is 0.239 e. The number of rotatable bonds is 11. The molecule has 0 saturated heterocycles. The van der Waals surface area contributed by atoms with Gasteiger partial charge in [-0.15, -0.1) is 0 Å². The minimum absolute atomic E-state index is 0.165. The summed E-state index contributed by atoms with van der Waals surface area (Å²) >= 11 is 0. The molecule has 0 saturated carbocycles. The predicted octanol–water partition coefficient (Wildman–Crippen LogP) is 3.98. The molecule has 0 aliphatic carbocycles. The fourth-order valence-electron chi connectivity index (χ4n) is 4.95. The summed E-state index contributed by atoms with van der Waals surface area (Å²) in [7, 11) is 1.62. The Morgan fingerprint density at radius 1 is 1.15 bits per heavy atom. The molecule has 0 spiro atoms. The van der Waals surface area contributed by atoms with Crippen molar-refractivity contribution in [1.82, 2.24) is 9.88 Å². The Balaban J connectivity index is 2.05. The summed E-state index contributed by atoms with van der Waals surface area (Å²) in [6, 6.07) is 14.0. The van der Waals surface area contributed by atoms with Gasteiger partial charge in [-0.1, -0.05) is 43.0 Å². The first-order valence-corrected chi connectivity index (χ1v) is 13.0. The van der Waals surface area contributed by atoms with Crippen molar-refractivity contribution in [2.75, 3.05) is 13.7 Å². The van der Waals surface area contributed by atoms with E-state index in [9.17, 15) is 4.79 Å². The van der Waals surface area contributed by atoms with E-state index >= 15 is 0 Å². The molecule has 8 nitrogen and oxygen atoms in total. The van der Waals surface area contributed by atoms with Crippen LogP contribution in [0.5, 0.6) is 5.75 Å². The van der Waals surface area contributed by atoms with Gasteiger partial charge in [-0.05, 0) is 56.5 Å². The van der Waals surface area contributed by atoms with E-state index in [-0.39, 0.29) is 18.0 Å². The monoisotopic (exact) mass is 526 g/mol. The minimum atomic E-state index is -0.643. The second kappa shape index (κ2) is 13.2. The maximum atomic E-state index is 12.9. The van der Waals surface area contributed by atoms with E-state index in [0.29, 0.717) is 24.3 Å². The van der Waals surface area contributed by atoms with Crippen molar-refractivity contribution < 1.29 is 9.53 Å². The molecule has 0 fully saturated rings. The Morgan fingerprint density at radius 2 is 1.85 bits per heavy atom. The number of methoxy groups -OCH3 is 1. The Bertz CT molecular complexity index is 1390. The number of nitrogens with zero attached hydrogens (tertiary/aromatic N) is 3. The molecule has 2 aromatic carbocycles. The number of para-hydroxylation sites is 1. The van der Waals surface area contributed by atoms with E-state index in [1.807, 2.05) is 50.3 Å². The second-order valence-corrected chi connectivity index (χ2v) is 9.76. The summed E-state index contributed by atoms with van der Waals surface area (Å²) in [5.41, 5.74) is 23.4. The topological polar surface area (TPSA) is 144 Å². The van der Waals surface area contributed by atoms with Crippen LogP contribution >= 0.6 is 0 Å². The highest BCUT2D eigenvalue weighted by molar-refractivity contribution is 5.99. The number of ether oxygens (including phenoxy) is 1. The van der Waals surface area contributed by atoms with Crippen molar-refractivity contribution in [3.05, 3.63) is 78.5 Å². The van der Waals surface area contributed by atoms with Crippen molar-refractivity contribution in [1.29, 1.82) is 5.26 Å². The van der Waals surface area contributed by atoms with E-state index in [2.05, 4.69) is 12.6 Å². The number of hydrogen-bond donors (Lipinski definition) is 3. The van der Waals surface area contributed by atoms with Gasteiger partial charge in [0.15, 0.2) is 0 Å². The van der Waals surface area contributed by atoms with Crippen molar-refractivity contribution >= 4 is 22.4 Å². The molecular formula is C31H38N6O2. The van der Waals surface area contributed by atoms with Gasteiger partial charge in [-0.2, -0.15) is 5.26 Å². The summed E-state index contributed by atoms with van der Waals surface area (Å²) in [5, 5.41) is 9.99. The number of hydrogen-bond acceptors (Lipinski definition) is 7. The summed E-state index contributed by atoms with van der Waals surface area (Å²) in [6.07, 6.45) is 5.78. The van der Waals surface area contributed by atoms with Crippen molar-refractivity contribution in [2.24, 2.45) is 17.2 Å². The highest BCUT2D eigenvalue weighted by Crippen LogP contribution is 2.38. The largest absolute Gasteiger partial charge is 0.495 e. The first kappa shape index (κ1) is 29.5. The molecule has 0 aliphatic heterocycles. The van der Waals surface area contributed by atoms with Crippen LogP contribution in [0.1, 0.15) is 38.3 Å². The highest BCUT2D eigenvalue weighted by atomic mass is 16.5. The molecule has 0 bridgehead atoms.